The van der Waals surface area contributed by atoms with E-state index in [1.54, 1.807) is 0 Å². The van der Waals surface area contributed by atoms with Gasteiger partial charge in [-0.25, -0.2) is 13.6 Å². The number of anilines is 2. The fourth-order valence-corrected chi connectivity index (χ4v) is 3.04. The predicted octanol–water partition coefficient (Wildman–Crippen LogP) is 1.67. The van der Waals surface area contributed by atoms with Gasteiger partial charge in [-0.05, 0) is 36.1 Å². The largest absolute Gasteiger partial charge is 0.383 e. The molecule has 0 aliphatic rings. The summed E-state index contributed by atoms with van der Waals surface area (Å²) in [4.78, 5) is 40.8. The topological polar surface area (TPSA) is 110 Å². The van der Waals surface area contributed by atoms with Gasteiger partial charge in [0.15, 0.2) is 5.69 Å². The Bertz CT molecular complexity index is 1020. The number of rotatable bonds is 9. The molecule has 1 heterocycles. The van der Waals surface area contributed by atoms with Crippen molar-refractivity contribution in [2.24, 2.45) is 5.92 Å². The van der Waals surface area contributed by atoms with Crippen LogP contribution in [0.25, 0.3) is 0 Å². The molecule has 1 aromatic heterocycles. The monoisotopic (exact) mass is 424 g/mol. The lowest BCUT2D eigenvalue weighted by molar-refractivity contribution is -0.118. The molecule has 1 aromatic carbocycles. The smallest absolute Gasteiger partial charge is 0.330 e. The summed E-state index contributed by atoms with van der Waals surface area (Å²) in [7, 11) is 1.43. The van der Waals surface area contributed by atoms with Gasteiger partial charge in [0.05, 0.1) is 6.61 Å². The van der Waals surface area contributed by atoms with Crippen LogP contribution in [0, 0.1) is 17.6 Å². The molecule has 0 saturated heterocycles. The summed E-state index contributed by atoms with van der Waals surface area (Å²) < 4.78 is 33.5. The molecule has 0 atom stereocenters. The maximum absolute atomic E-state index is 13.9. The summed E-state index contributed by atoms with van der Waals surface area (Å²) in [5, 5.41) is 0. The number of amides is 1. The number of hydrogen-bond donors (Lipinski definition) is 2. The summed E-state index contributed by atoms with van der Waals surface area (Å²) in [6.45, 7) is 4.09. The Morgan fingerprint density at radius 2 is 2.00 bits per heavy atom. The van der Waals surface area contributed by atoms with E-state index in [1.807, 2.05) is 13.8 Å². The summed E-state index contributed by atoms with van der Waals surface area (Å²) in [6, 6.07) is 3.00. The molecule has 0 fully saturated rings. The fourth-order valence-electron chi connectivity index (χ4n) is 3.04. The number of nitrogens with two attached hydrogens (primary N) is 1. The third kappa shape index (κ3) is 5.53. The second-order valence-corrected chi connectivity index (χ2v) is 7.27. The number of H-pyrrole nitrogens is 1. The molecular weight excluding hydrogens is 398 g/mol. The molecule has 0 bridgehead atoms. The maximum Gasteiger partial charge on any atom is 0.330 e. The Morgan fingerprint density at radius 3 is 2.63 bits per heavy atom. The van der Waals surface area contributed by atoms with E-state index < -0.39 is 28.8 Å². The van der Waals surface area contributed by atoms with E-state index in [4.69, 9.17) is 10.5 Å². The number of aryl methyl sites for hydroxylation is 1. The summed E-state index contributed by atoms with van der Waals surface area (Å²) in [5.74, 6) is -1.86. The molecule has 0 radical (unpaired) electrons. The van der Waals surface area contributed by atoms with E-state index in [9.17, 15) is 23.2 Å². The van der Waals surface area contributed by atoms with Gasteiger partial charge in [-0.3, -0.25) is 19.1 Å². The second-order valence-electron chi connectivity index (χ2n) is 7.27. The average molecular weight is 424 g/mol. The van der Waals surface area contributed by atoms with Crippen molar-refractivity contribution >= 4 is 17.4 Å². The standard InChI is InChI=1S/C20H26F2N4O4/c1-12(2)11-26-18(23)17(19(28)24-20(26)29)25(8-9-30-3)16(27)7-4-13-10-14(21)5-6-15(13)22/h5-6,10,12H,4,7-9,11,23H2,1-3H3,(H,24,28,29). The highest BCUT2D eigenvalue weighted by Gasteiger charge is 2.24. The van der Waals surface area contributed by atoms with E-state index in [2.05, 4.69) is 4.98 Å². The Hall–Kier alpha value is -3.01. The molecule has 0 unspecified atom stereocenters. The first kappa shape index (κ1) is 23.3. The van der Waals surface area contributed by atoms with E-state index in [1.165, 1.54) is 11.7 Å². The van der Waals surface area contributed by atoms with Crippen molar-refractivity contribution in [2.75, 3.05) is 30.9 Å². The summed E-state index contributed by atoms with van der Waals surface area (Å²) in [5.41, 5.74) is 4.49. The number of aromatic nitrogens is 2. The minimum atomic E-state index is -0.807. The lowest BCUT2D eigenvalue weighted by Gasteiger charge is -2.24. The van der Waals surface area contributed by atoms with Crippen molar-refractivity contribution < 1.29 is 18.3 Å². The molecule has 2 rings (SSSR count). The Balaban J connectivity index is 2.39. The zero-order valence-corrected chi connectivity index (χ0v) is 17.2. The Labute approximate surface area is 172 Å². The van der Waals surface area contributed by atoms with Crippen LogP contribution in [-0.4, -0.2) is 35.7 Å². The molecule has 10 heteroatoms. The highest BCUT2D eigenvalue weighted by atomic mass is 19.1. The van der Waals surface area contributed by atoms with Gasteiger partial charge in [0.1, 0.15) is 17.5 Å². The quantitative estimate of drug-likeness (QED) is 0.636. The molecule has 1 amide bonds. The predicted molar refractivity (Wildman–Crippen MR) is 109 cm³/mol. The molecule has 30 heavy (non-hydrogen) atoms. The minimum Gasteiger partial charge on any atom is -0.383 e. The van der Waals surface area contributed by atoms with Gasteiger partial charge < -0.3 is 15.4 Å². The zero-order valence-electron chi connectivity index (χ0n) is 17.2. The van der Waals surface area contributed by atoms with Gasteiger partial charge in [-0.2, -0.15) is 0 Å². The van der Waals surface area contributed by atoms with Crippen molar-refractivity contribution in [1.29, 1.82) is 0 Å². The number of benzene rings is 1. The lowest BCUT2D eigenvalue weighted by atomic mass is 10.1. The molecule has 0 aliphatic carbocycles. The molecular formula is C20H26F2N4O4. The third-order valence-corrected chi connectivity index (χ3v) is 4.47. The van der Waals surface area contributed by atoms with Crippen molar-refractivity contribution in [2.45, 2.75) is 33.2 Å². The number of halogens is 2. The van der Waals surface area contributed by atoms with Crippen LogP contribution in [0.15, 0.2) is 27.8 Å². The second kappa shape index (κ2) is 10.1. The molecule has 8 nitrogen and oxygen atoms in total. The van der Waals surface area contributed by atoms with Gasteiger partial charge in [0.25, 0.3) is 5.56 Å². The highest BCUT2D eigenvalue weighted by molar-refractivity contribution is 5.95. The molecule has 164 valence electrons. The molecule has 0 aliphatic heterocycles. The number of methoxy groups -OCH3 is 1. The highest BCUT2D eigenvalue weighted by Crippen LogP contribution is 2.20. The van der Waals surface area contributed by atoms with Crippen molar-refractivity contribution in [3.8, 4) is 0 Å². The number of hydrogen-bond acceptors (Lipinski definition) is 5. The molecule has 2 aromatic rings. The molecule has 0 saturated carbocycles. The van der Waals surface area contributed by atoms with E-state index in [0.29, 0.717) is 0 Å². The van der Waals surface area contributed by atoms with Gasteiger partial charge in [0.2, 0.25) is 5.91 Å². The van der Waals surface area contributed by atoms with E-state index in [0.717, 1.165) is 23.1 Å². The minimum absolute atomic E-state index is 0.00582. The number of aromatic amines is 1. The van der Waals surface area contributed by atoms with Gasteiger partial charge in [0, 0.05) is 26.6 Å². The SMILES string of the molecule is COCCN(C(=O)CCc1cc(F)ccc1F)c1c(N)n(CC(C)C)c(=O)[nH]c1=O. The average Bonchev–Trinajstić information content (AvgIpc) is 2.67. The number of carbonyl (C=O) groups excluding carboxylic acids is 1. The van der Waals surface area contributed by atoms with Crippen LogP contribution in [0.3, 0.4) is 0 Å². The first-order valence-corrected chi connectivity index (χ1v) is 9.51. The van der Waals surface area contributed by atoms with E-state index >= 15 is 0 Å². The van der Waals surface area contributed by atoms with Gasteiger partial charge in [-0.1, -0.05) is 13.8 Å². The number of nitrogens with one attached hydrogen (secondary N) is 1. The lowest BCUT2D eigenvalue weighted by Crippen LogP contribution is -2.43. The zero-order chi connectivity index (χ0) is 22.4. The third-order valence-electron chi connectivity index (χ3n) is 4.47. The maximum atomic E-state index is 13.9. The van der Waals surface area contributed by atoms with Crippen LogP contribution >= 0.6 is 0 Å². The van der Waals surface area contributed by atoms with Crippen LogP contribution in [0.4, 0.5) is 20.3 Å². The first-order valence-electron chi connectivity index (χ1n) is 9.51. The van der Waals surface area contributed by atoms with Crippen molar-refractivity contribution in [3.63, 3.8) is 0 Å². The van der Waals surface area contributed by atoms with Crippen LogP contribution in [0.1, 0.15) is 25.8 Å². The summed E-state index contributed by atoms with van der Waals surface area (Å²) >= 11 is 0. The Kier molecular flexibility index (Phi) is 7.87. The number of nitrogens with zero attached hydrogens (tertiary/aromatic N) is 2. The number of nitrogen functional groups attached to an aromatic ring is 1. The fraction of sp³-hybridized carbons (Fsp3) is 0.450. The van der Waals surface area contributed by atoms with Crippen molar-refractivity contribution in [1.82, 2.24) is 9.55 Å². The van der Waals surface area contributed by atoms with Crippen LogP contribution in [0.5, 0.6) is 0 Å². The van der Waals surface area contributed by atoms with Crippen LogP contribution in [-0.2, 0) is 22.5 Å². The number of carbonyl (C=O) groups is 1. The van der Waals surface area contributed by atoms with E-state index in [-0.39, 0.29) is 55.5 Å². The Morgan fingerprint density at radius 1 is 1.30 bits per heavy atom. The van der Waals surface area contributed by atoms with Crippen molar-refractivity contribution in [3.05, 3.63) is 56.2 Å². The molecule has 0 spiro atoms. The number of ether oxygens (including phenoxy) is 1. The summed E-state index contributed by atoms with van der Waals surface area (Å²) in [6.07, 6.45) is -0.276. The normalized spacial score (nSPS) is 11.1. The van der Waals surface area contributed by atoms with Gasteiger partial charge >= 0.3 is 5.69 Å². The van der Waals surface area contributed by atoms with Crippen LogP contribution in [0.2, 0.25) is 0 Å². The van der Waals surface area contributed by atoms with Gasteiger partial charge in [-0.15, -0.1) is 0 Å². The van der Waals surface area contributed by atoms with Crippen LogP contribution < -0.4 is 21.9 Å². The molecule has 3 N–H and O–H groups in total. The first-order chi connectivity index (χ1) is 14.1.